The lowest BCUT2D eigenvalue weighted by Gasteiger charge is -2.30. The van der Waals surface area contributed by atoms with Crippen LogP contribution in [0.5, 0.6) is 0 Å². The highest BCUT2D eigenvalue weighted by molar-refractivity contribution is 5.99. The van der Waals surface area contributed by atoms with Crippen LogP contribution in [0.3, 0.4) is 0 Å². The van der Waals surface area contributed by atoms with Crippen LogP contribution in [0, 0.1) is 10.1 Å². The van der Waals surface area contributed by atoms with Crippen molar-refractivity contribution >= 4 is 17.6 Å². The van der Waals surface area contributed by atoms with Crippen molar-refractivity contribution in [3.8, 4) is 0 Å². The van der Waals surface area contributed by atoms with Gasteiger partial charge in [0.1, 0.15) is 0 Å². The summed E-state index contributed by atoms with van der Waals surface area (Å²) in [6, 6.07) is 5.52. The van der Waals surface area contributed by atoms with Crippen molar-refractivity contribution in [1.82, 2.24) is 5.32 Å². The predicted octanol–water partition coefficient (Wildman–Crippen LogP) is 2.87. The van der Waals surface area contributed by atoms with E-state index in [0.717, 1.165) is 0 Å². The van der Waals surface area contributed by atoms with E-state index < -0.39 is 22.8 Å². The van der Waals surface area contributed by atoms with Gasteiger partial charge in [-0.15, -0.1) is 0 Å². The van der Waals surface area contributed by atoms with E-state index in [1.54, 1.807) is 6.92 Å². The summed E-state index contributed by atoms with van der Waals surface area (Å²) in [5.41, 5.74) is 1.62. The number of ether oxygens (including phenoxy) is 1. The van der Waals surface area contributed by atoms with E-state index in [1.807, 2.05) is 6.92 Å². The molecular weight excluding hydrogens is 340 g/mol. The largest absolute Gasteiger partial charge is 0.478 e. The van der Waals surface area contributed by atoms with Crippen molar-refractivity contribution in [2.75, 3.05) is 7.11 Å². The van der Waals surface area contributed by atoms with Gasteiger partial charge in [-0.1, -0.05) is 25.5 Å². The summed E-state index contributed by atoms with van der Waals surface area (Å²) in [6.07, 6.45) is 1.21. The molecule has 1 atom stereocenters. The SMILES string of the molecule is CCCC1=C(C(=O)O)C(c2ccc([N+](=O)[O-])cc2)C(C(=O)OC)=C(C)N1. The summed E-state index contributed by atoms with van der Waals surface area (Å²) in [7, 11) is 1.22. The molecule has 0 aliphatic carbocycles. The highest BCUT2D eigenvalue weighted by atomic mass is 16.6. The molecule has 0 aromatic heterocycles. The van der Waals surface area contributed by atoms with Crippen molar-refractivity contribution in [3.63, 3.8) is 0 Å². The fourth-order valence-electron chi connectivity index (χ4n) is 3.10. The molecule has 8 nitrogen and oxygen atoms in total. The molecule has 1 heterocycles. The van der Waals surface area contributed by atoms with E-state index in [1.165, 1.54) is 31.4 Å². The molecule has 0 saturated carbocycles. The van der Waals surface area contributed by atoms with Crippen LogP contribution in [0.4, 0.5) is 5.69 Å². The number of hydrogen-bond acceptors (Lipinski definition) is 6. The van der Waals surface area contributed by atoms with E-state index in [4.69, 9.17) is 4.74 Å². The minimum atomic E-state index is -1.15. The Hall–Kier alpha value is -3.16. The number of carboxylic acids is 1. The number of nitrogens with zero attached hydrogens (tertiary/aromatic N) is 1. The summed E-state index contributed by atoms with van der Waals surface area (Å²) < 4.78 is 4.84. The van der Waals surface area contributed by atoms with Gasteiger partial charge in [0.25, 0.3) is 5.69 Å². The van der Waals surface area contributed by atoms with Gasteiger partial charge < -0.3 is 15.2 Å². The molecule has 0 radical (unpaired) electrons. The lowest BCUT2D eigenvalue weighted by molar-refractivity contribution is -0.384. The molecule has 1 aromatic rings. The summed E-state index contributed by atoms with van der Waals surface area (Å²) in [4.78, 5) is 34.6. The fraction of sp³-hybridized carbons (Fsp3) is 0.333. The zero-order valence-corrected chi connectivity index (χ0v) is 14.7. The monoisotopic (exact) mass is 360 g/mol. The summed E-state index contributed by atoms with van der Waals surface area (Å²) in [5.74, 6) is -2.67. The van der Waals surface area contributed by atoms with Crippen molar-refractivity contribution in [2.45, 2.75) is 32.6 Å². The van der Waals surface area contributed by atoms with Crippen LogP contribution in [0.15, 0.2) is 46.8 Å². The number of carboxylic acid groups (broad SMARTS) is 1. The number of allylic oxidation sites excluding steroid dienone is 2. The maximum atomic E-state index is 12.3. The zero-order chi connectivity index (χ0) is 19.4. The minimum Gasteiger partial charge on any atom is -0.478 e. The van der Waals surface area contributed by atoms with Crippen LogP contribution in [-0.2, 0) is 14.3 Å². The Morgan fingerprint density at radius 1 is 1.27 bits per heavy atom. The second-order valence-electron chi connectivity index (χ2n) is 5.88. The Morgan fingerprint density at radius 3 is 2.35 bits per heavy atom. The fourth-order valence-corrected chi connectivity index (χ4v) is 3.10. The lowest BCUT2D eigenvalue weighted by atomic mass is 9.79. The number of aliphatic carboxylic acids is 1. The van der Waals surface area contributed by atoms with Crippen molar-refractivity contribution in [2.24, 2.45) is 0 Å². The Kier molecular flexibility index (Phi) is 5.76. The smallest absolute Gasteiger partial charge is 0.336 e. The molecule has 1 aromatic carbocycles. The molecule has 0 spiro atoms. The van der Waals surface area contributed by atoms with Crippen LogP contribution in [-0.4, -0.2) is 29.1 Å². The standard InChI is InChI=1S/C18H20N2O6/c1-4-5-13-16(17(21)22)15(14(10(2)19-13)18(23)26-3)11-6-8-12(9-7-11)20(24)25/h6-9,15,19H,4-5H2,1-3H3,(H,21,22). The Bertz CT molecular complexity index is 807. The van der Waals surface area contributed by atoms with Crippen LogP contribution in [0.2, 0.25) is 0 Å². The Morgan fingerprint density at radius 2 is 1.88 bits per heavy atom. The molecule has 0 fully saturated rings. The Labute approximate surface area is 150 Å². The zero-order valence-electron chi connectivity index (χ0n) is 14.7. The summed E-state index contributed by atoms with van der Waals surface area (Å²) >= 11 is 0. The van der Waals surface area contributed by atoms with Gasteiger partial charge in [0.2, 0.25) is 0 Å². The average Bonchev–Trinajstić information content (AvgIpc) is 2.60. The number of hydrogen-bond donors (Lipinski definition) is 2. The first-order chi connectivity index (χ1) is 12.3. The van der Waals surface area contributed by atoms with Gasteiger partial charge in [0.05, 0.1) is 29.1 Å². The molecule has 2 rings (SSSR count). The maximum absolute atomic E-state index is 12.3. The lowest BCUT2D eigenvalue weighted by Crippen LogP contribution is -2.32. The number of nitrogens with one attached hydrogen (secondary N) is 1. The van der Waals surface area contributed by atoms with Crippen LogP contribution in [0.25, 0.3) is 0 Å². The first-order valence-corrected chi connectivity index (χ1v) is 8.08. The molecule has 1 unspecified atom stereocenters. The van der Waals surface area contributed by atoms with Crippen LogP contribution in [0.1, 0.15) is 38.2 Å². The second kappa shape index (κ2) is 7.81. The molecule has 1 aliphatic heterocycles. The third-order valence-corrected chi connectivity index (χ3v) is 4.22. The highest BCUT2D eigenvalue weighted by Crippen LogP contribution is 2.40. The van der Waals surface area contributed by atoms with E-state index >= 15 is 0 Å². The number of carbonyl (C=O) groups is 2. The van der Waals surface area contributed by atoms with Crippen molar-refractivity contribution < 1.29 is 24.4 Å². The number of dihydropyridines is 1. The normalized spacial score (nSPS) is 17.0. The molecule has 8 heteroatoms. The van der Waals surface area contributed by atoms with Crippen LogP contribution >= 0.6 is 0 Å². The molecule has 0 bridgehead atoms. The van der Waals surface area contributed by atoms with Gasteiger partial charge in [-0.3, -0.25) is 10.1 Å². The molecule has 1 aliphatic rings. The number of non-ortho nitro benzene ring substituents is 1. The molecule has 138 valence electrons. The number of rotatable bonds is 6. The van der Waals surface area contributed by atoms with E-state index in [2.05, 4.69) is 5.32 Å². The van der Waals surface area contributed by atoms with Gasteiger partial charge in [-0.2, -0.15) is 0 Å². The summed E-state index contributed by atoms with van der Waals surface area (Å²) in [5, 5.41) is 23.7. The van der Waals surface area contributed by atoms with Crippen LogP contribution < -0.4 is 5.32 Å². The third-order valence-electron chi connectivity index (χ3n) is 4.22. The number of carbonyl (C=O) groups excluding carboxylic acids is 1. The van der Waals surface area contributed by atoms with Gasteiger partial charge in [-0.25, -0.2) is 9.59 Å². The quantitative estimate of drug-likeness (QED) is 0.455. The highest BCUT2D eigenvalue weighted by Gasteiger charge is 2.37. The third kappa shape index (κ3) is 3.58. The number of nitro groups is 1. The van der Waals surface area contributed by atoms with Crippen molar-refractivity contribution in [1.29, 1.82) is 0 Å². The maximum Gasteiger partial charge on any atom is 0.336 e. The Balaban J connectivity index is 2.68. The molecule has 26 heavy (non-hydrogen) atoms. The average molecular weight is 360 g/mol. The molecule has 2 N–H and O–H groups in total. The first-order valence-electron chi connectivity index (χ1n) is 8.08. The topological polar surface area (TPSA) is 119 Å². The molecular formula is C18H20N2O6. The van der Waals surface area contributed by atoms with Gasteiger partial charge in [0, 0.05) is 23.5 Å². The minimum absolute atomic E-state index is 0.0479. The first kappa shape index (κ1) is 19.2. The van der Waals surface area contributed by atoms with Gasteiger partial charge in [-0.05, 0) is 18.9 Å². The van der Waals surface area contributed by atoms with Gasteiger partial charge >= 0.3 is 11.9 Å². The van der Waals surface area contributed by atoms with E-state index in [9.17, 15) is 24.8 Å². The number of nitro benzene ring substituents is 1. The number of esters is 1. The molecule has 0 amide bonds. The second-order valence-corrected chi connectivity index (χ2v) is 5.88. The van der Waals surface area contributed by atoms with E-state index in [0.29, 0.717) is 29.8 Å². The molecule has 0 saturated heterocycles. The van der Waals surface area contributed by atoms with Crippen molar-refractivity contribution in [3.05, 3.63) is 62.5 Å². The number of benzene rings is 1. The predicted molar refractivity (Wildman–Crippen MR) is 93.3 cm³/mol. The number of methoxy groups -OCH3 is 1. The van der Waals surface area contributed by atoms with Gasteiger partial charge in [0.15, 0.2) is 0 Å². The summed E-state index contributed by atoms with van der Waals surface area (Å²) in [6.45, 7) is 3.60. The van der Waals surface area contributed by atoms with E-state index in [-0.39, 0.29) is 16.8 Å².